The molecule has 5 heteroatoms. The summed E-state index contributed by atoms with van der Waals surface area (Å²) in [5, 5.41) is 4.83. The van der Waals surface area contributed by atoms with E-state index in [1.165, 1.54) is 9.60 Å². The molecule has 3 rings (SSSR count). The third-order valence-electron chi connectivity index (χ3n) is 2.71. The van der Waals surface area contributed by atoms with E-state index in [4.69, 9.17) is 11.6 Å². The van der Waals surface area contributed by atoms with Crippen LogP contribution < -0.4 is 5.32 Å². The van der Waals surface area contributed by atoms with Crippen molar-refractivity contribution in [1.82, 2.24) is 4.98 Å². The van der Waals surface area contributed by atoms with Gasteiger partial charge >= 0.3 is 0 Å². The van der Waals surface area contributed by atoms with E-state index in [0.717, 1.165) is 16.3 Å². The fourth-order valence-corrected chi connectivity index (χ4v) is 3.38. The van der Waals surface area contributed by atoms with Crippen LogP contribution in [-0.4, -0.2) is 11.2 Å². The van der Waals surface area contributed by atoms with Gasteiger partial charge in [-0.2, -0.15) is 0 Å². The Bertz CT molecular complexity index is 724. The summed E-state index contributed by atoms with van der Waals surface area (Å²) in [5.41, 5.74) is 1.89. The summed E-state index contributed by atoms with van der Waals surface area (Å²) in [6.07, 6.45) is 2.07. The summed E-state index contributed by atoms with van der Waals surface area (Å²) >= 11 is 9.50. The Hall–Kier alpha value is -1.23. The molecule has 0 fully saturated rings. The smallest absolute Gasteiger partial charge is 0.188 e. The highest BCUT2D eigenvalue weighted by Crippen LogP contribution is 2.32. The van der Waals surface area contributed by atoms with Crippen LogP contribution in [0.3, 0.4) is 0 Å². The van der Waals surface area contributed by atoms with Gasteiger partial charge in [0.1, 0.15) is 0 Å². The van der Waals surface area contributed by atoms with E-state index in [1.807, 2.05) is 24.3 Å². The highest BCUT2D eigenvalue weighted by molar-refractivity contribution is 7.98. The number of halogens is 1. The zero-order valence-corrected chi connectivity index (χ0v) is 12.6. The third-order valence-corrected chi connectivity index (χ3v) is 4.70. The van der Waals surface area contributed by atoms with Crippen LogP contribution in [0.1, 0.15) is 0 Å². The van der Waals surface area contributed by atoms with Crippen LogP contribution in [0.25, 0.3) is 10.2 Å². The first-order chi connectivity index (χ1) is 9.26. The molecule has 19 heavy (non-hydrogen) atoms. The first kappa shape index (κ1) is 12.8. The van der Waals surface area contributed by atoms with Gasteiger partial charge in [0, 0.05) is 4.90 Å². The summed E-state index contributed by atoms with van der Waals surface area (Å²) < 4.78 is 1.18. The lowest BCUT2D eigenvalue weighted by Crippen LogP contribution is -1.89. The van der Waals surface area contributed by atoms with Gasteiger partial charge < -0.3 is 5.32 Å². The van der Waals surface area contributed by atoms with Crippen molar-refractivity contribution in [3.8, 4) is 0 Å². The Labute approximate surface area is 124 Å². The number of para-hydroxylation sites is 1. The van der Waals surface area contributed by atoms with Gasteiger partial charge in [0.15, 0.2) is 5.13 Å². The Balaban J connectivity index is 1.95. The van der Waals surface area contributed by atoms with Crippen molar-refractivity contribution in [3.05, 3.63) is 47.5 Å². The fourth-order valence-electron chi connectivity index (χ4n) is 1.76. The molecule has 1 N–H and O–H groups in total. The van der Waals surface area contributed by atoms with E-state index in [-0.39, 0.29) is 0 Å². The number of thioether (sulfide) groups is 1. The van der Waals surface area contributed by atoms with Gasteiger partial charge in [-0.3, -0.25) is 0 Å². The second-order valence-electron chi connectivity index (χ2n) is 3.96. The van der Waals surface area contributed by atoms with Gasteiger partial charge in [0.05, 0.1) is 20.9 Å². The molecule has 0 atom stereocenters. The van der Waals surface area contributed by atoms with Gasteiger partial charge in [-0.05, 0) is 36.6 Å². The molecular formula is C14H11ClN2S2. The van der Waals surface area contributed by atoms with Crippen LogP contribution in [-0.2, 0) is 0 Å². The normalized spacial score (nSPS) is 10.8. The number of fused-ring (bicyclic) bond motifs is 1. The number of rotatable bonds is 3. The molecule has 0 radical (unpaired) electrons. The molecule has 0 saturated heterocycles. The summed E-state index contributed by atoms with van der Waals surface area (Å²) in [5.74, 6) is 0. The van der Waals surface area contributed by atoms with Gasteiger partial charge in [-0.1, -0.05) is 35.1 Å². The Morgan fingerprint density at radius 2 is 2.05 bits per heavy atom. The van der Waals surface area contributed by atoms with E-state index < -0.39 is 0 Å². The molecule has 0 saturated carbocycles. The minimum atomic E-state index is 0.701. The lowest BCUT2D eigenvalue weighted by Gasteiger charge is -2.03. The molecule has 1 heterocycles. The predicted octanol–water partition coefficient (Wildman–Crippen LogP) is 5.42. The van der Waals surface area contributed by atoms with Gasteiger partial charge in [-0.15, -0.1) is 11.8 Å². The number of aromatic nitrogens is 1. The molecule has 1 aromatic heterocycles. The topological polar surface area (TPSA) is 24.9 Å². The molecule has 2 nitrogen and oxygen atoms in total. The zero-order chi connectivity index (χ0) is 13.2. The molecule has 0 aliphatic rings. The number of anilines is 2. The number of nitrogens with zero attached hydrogens (tertiary/aromatic N) is 1. The average Bonchev–Trinajstić information content (AvgIpc) is 2.82. The molecular weight excluding hydrogens is 296 g/mol. The standard InChI is InChI=1S/C14H11ClN2S2/c1-18-9-6-7-12-13(8-9)19-14(17-12)16-11-5-3-2-4-10(11)15/h2-8H,1H3,(H,16,17). The minimum absolute atomic E-state index is 0.701. The van der Waals surface area contributed by atoms with Crippen LogP contribution in [0.4, 0.5) is 10.8 Å². The van der Waals surface area contributed by atoms with E-state index >= 15 is 0 Å². The van der Waals surface area contributed by atoms with Crippen molar-refractivity contribution in [3.63, 3.8) is 0 Å². The maximum Gasteiger partial charge on any atom is 0.188 e. The number of benzene rings is 2. The molecule has 0 unspecified atom stereocenters. The lowest BCUT2D eigenvalue weighted by atomic mass is 10.3. The van der Waals surface area contributed by atoms with Gasteiger partial charge in [0.2, 0.25) is 0 Å². The van der Waals surface area contributed by atoms with Crippen molar-refractivity contribution in [2.24, 2.45) is 0 Å². The molecule has 0 bridgehead atoms. The number of hydrogen-bond acceptors (Lipinski definition) is 4. The second-order valence-corrected chi connectivity index (χ2v) is 6.28. The Kier molecular flexibility index (Phi) is 3.64. The molecule has 0 aliphatic carbocycles. The summed E-state index contributed by atoms with van der Waals surface area (Å²) in [6, 6.07) is 14.0. The van der Waals surface area contributed by atoms with Crippen molar-refractivity contribution in [1.29, 1.82) is 0 Å². The fraction of sp³-hybridized carbons (Fsp3) is 0.0714. The van der Waals surface area contributed by atoms with E-state index in [0.29, 0.717) is 5.02 Å². The molecule has 0 amide bonds. The number of hydrogen-bond donors (Lipinski definition) is 1. The predicted molar refractivity (Wildman–Crippen MR) is 86.1 cm³/mol. The van der Waals surface area contributed by atoms with Crippen molar-refractivity contribution in [2.45, 2.75) is 4.90 Å². The molecule has 96 valence electrons. The number of thiazole rings is 1. The van der Waals surface area contributed by atoms with Crippen LogP contribution in [0.15, 0.2) is 47.4 Å². The highest BCUT2D eigenvalue weighted by Gasteiger charge is 2.06. The molecule has 0 aliphatic heterocycles. The quantitative estimate of drug-likeness (QED) is 0.654. The summed E-state index contributed by atoms with van der Waals surface area (Å²) in [4.78, 5) is 5.81. The first-order valence-electron chi connectivity index (χ1n) is 5.72. The van der Waals surface area contributed by atoms with E-state index in [1.54, 1.807) is 23.1 Å². The maximum absolute atomic E-state index is 6.13. The van der Waals surface area contributed by atoms with Crippen molar-refractivity contribution >= 4 is 55.7 Å². The largest absolute Gasteiger partial charge is 0.330 e. The van der Waals surface area contributed by atoms with E-state index in [9.17, 15) is 0 Å². The monoisotopic (exact) mass is 306 g/mol. The summed E-state index contributed by atoms with van der Waals surface area (Å²) in [7, 11) is 0. The van der Waals surface area contributed by atoms with Crippen LogP contribution in [0, 0.1) is 0 Å². The summed E-state index contributed by atoms with van der Waals surface area (Å²) in [6.45, 7) is 0. The minimum Gasteiger partial charge on any atom is -0.330 e. The molecule has 0 spiro atoms. The Morgan fingerprint density at radius 3 is 2.84 bits per heavy atom. The highest BCUT2D eigenvalue weighted by atomic mass is 35.5. The van der Waals surface area contributed by atoms with Crippen LogP contribution in [0.2, 0.25) is 5.02 Å². The third kappa shape index (κ3) is 2.71. The van der Waals surface area contributed by atoms with Crippen LogP contribution in [0.5, 0.6) is 0 Å². The molecule has 3 aromatic rings. The SMILES string of the molecule is CSc1ccc2nc(Nc3ccccc3Cl)sc2c1. The zero-order valence-electron chi connectivity index (χ0n) is 10.2. The van der Waals surface area contributed by atoms with Gasteiger partial charge in [-0.25, -0.2) is 4.98 Å². The lowest BCUT2D eigenvalue weighted by molar-refractivity contribution is 1.43. The van der Waals surface area contributed by atoms with E-state index in [2.05, 4.69) is 34.8 Å². The van der Waals surface area contributed by atoms with Crippen molar-refractivity contribution in [2.75, 3.05) is 11.6 Å². The first-order valence-corrected chi connectivity index (χ1v) is 8.14. The number of nitrogens with one attached hydrogen (secondary N) is 1. The average molecular weight is 307 g/mol. The van der Waals surface area contributed by atoms with Crippen LogP contribution >= 0.6 is 34.7 Å². The second kappa shape index (κ2) is 5.41. The van der Waals surface area contributed by atoms with Gasteiger partial charge in [0.25, 0.3) is 0 Å². The molecule has 2 aromatic carbocycles. The Morgan fingerprint density at radius 1 is 1.21 bits per heavy atom. The van der Waals surface area contributed by atoms with Crippen molar-refractivity contribution < 1.29 is 0 Å². The maximum atomic E-state index is 6.13.